The molecular formula is C22H27FN6O3. The van der Waals surface area contributed by atoms with Crippen molar-refractivity contribution in [3.05, 3.63) is 54.1 Å². The van der Waals surface area contributed by atoms with Gasteiger partial charge in [-0.15, -0.1) is 0 Å². The Morgan fingerprint density at radius 3 is 2.81 bits per heavy atom. The van der Waals surface area contributed by atoms with Crippen LogP contribution in [0.5, 0.6) is 0 Å². The van der Waals surface area contributed by atoms with Crippen molar-refractivity contribution in [3.8, 4) is 0 Å². The maximum absolute atomic E-state index is 15.0. The Morgan fingerprint density at radius 1 is 1.25 bits per heavy atom. The number of cyclic esters (lactones) is 1. The molecule has 3 heterocycles. The zero-order valence-electron chi connectivity index (χ0n) is 18.0. The van der Waals surface area contributed by atoms with Gasteiger partial charge in [0, 0.05) is 52.0 Å². The van der Waals surface area contributed by atoms with Crippen LogP contribution in [-0.2, 0) is 16.1 Å². The molecule has 1 aromatic heterocycles. The lowest BCUT2D eigenvalue weighted by Crippen LogP contribution is -2.38. The van der Waals surface area contributed by atoms with Gasteiger partial charge in [0.05, 0.1) is 24.5 Å². The summed E-state index contributed by atoms with van der Waals surface area (Å²) in [6, 6.07) is 8.76. The molecule has 2 aromatic rings. The van der Waals surface area contributed by atoms with E-state index in [1.54, 1.807) is 24.5 Å². The molecule has 2 amide bonds. The van der Waals surface area contributed by atoms with Crippen LogP contribution in [0.2, 0.25) is 0 Å². The third-order valence-corrected chi connectivity index (χ3v) is 5.52. The van der Waals surface area contributed by atoms with Gasteiger partial charge in [0.2, 0.25) is 5.91 Å². The van der Waals surface area contributed by atoms with Gasteiger partial charge in [-0.2, -0.15) is 0 Å². The van der Waals surface area contributed by atoms with E-state index in [4.69, 9.17) is 4.74 Å². The highest BCUT2D eigenvalue weighted by Gasteiger charge is 2.33. The van der Waals surface area contributed by atoms with Crippen LogP contribution in [0.15, 0.2) is 42.7 Å². The first-order chi connectivity index (χ1) is 15.5. The number of aromatic nitrogens is 1. The maximum Gasteiger partial charge on any atom is 0.414 e. The molecule has 2 aliphatic heterocycles. The normalized spacial score (nSPS) is 19.6. The quantitative estimate of drug-likeness (QED) is 0.701. The first kappa shape index (κ1) is 22.0. The van der Waals surface area contributed by atoms with E-state index in [-0.39, 0.29) is 24.8 Å². The first-order valence-corrected chi connectivity index (χ1v) is 10.6. The van der Waals surface area contributed by atoms with Crippen molar-refractivity contribution >= 4 is 23.4 Å². The molecule has 1 aromatic carbocycles. The number of amides is 2. The van der Waals surface area contributed by atoms with Gasteiger partial charge in [0.25, 0.3) is 0 Å². The summed E-state index contributed by atoms with van der Waals surface area (Å²) in [5, 5.41) is 4.75. The summed E-state index contributed by atoms with van der Waals surface area (Å²) in [5.74, 6) is -0.579. The lowest BCUT2D eigenvalue weighted by atomic mass is 10.2. The number of halogens is 1. The lowest BCUT2D eigenvalue weighted by molar-refractivity contribution is -0.119. The molecule has 2 N–H and O–H groups in total. The van der Waals surface area contributed by atoms with Crippen LogP contribution in [0.1, 0.15) is 12.5 Å². The molecule has 0 saturated carbocycles. The molecule has 170 valence electrons. The van der Waals surface area contributed by atoms with Gasteiger partial charge < -0.3 is 15.0 Å². The van der Waals surface area contributed by atoms with Crippen LogP contribution in [0.3, 0.4) is 0 Å². The second-order valence-corrected chi connectivity index (χ2v) is 7.86. The van der Waals surface area contributed by atoms with Gasteiger partial charge in [-0.1, -0.05) is 0 Å². The molecule has 32 heavy (non-hydrogen) atoms. The van der Waals surface area contributed by atoms with Crippen LogP contribution in [0, 0.1) is 5.82 Å². The Hall–Kier alpha value is -3.24. The van der Waals surface area contributed by atoms with E-state index >= 15 is 4.39 Å². The summed E-state index contributed by atoms with van der Waals surface area (Å²) in [6.07, 6.45) is 2.54. The molecule has 2 saturated heterocycles. The van der Waals surface area contributed by atoms with E-state index in [1.165, 1.54) is 17.9 Å². The molecule has 9 nitrogen and oxygen atoms in total. The number of pyridine rings is 1. The van der Waals surface area contributed by atoms with Crippen molar-refractivity contribution in [1.29, 1.82) is 0 Å². The SMILES string of the molecule is CC(=O)NC[C@H]1CN(c2ccc(N3CCNN(Cc4ccncc4)CC3)c(F)c2)C(=O)O1. The Balaban J connectivity index is 1.38. The van der Waals surface area contributed by atoms with E-state index in [0.717, 1.165) is 18.7 Å². The van der Waals surface area contributed by atoms with E-state index in [0.29, 0.717) is 31.0 Å². The maximum atomic E-state index is 15.0. The third-order valence-electron chi connectivity index (χ3n) is 5.52. The molecule has 2 aliphatic rings. The van der Waals surface area contributed by atoms with Crippen LogP contribution in [0.4, 0.5) is 20.6 Å². The predicted molar refractivity (Wildman–Crippen MR) is 118 cm³/mol. The summed E-state index contributed by atoms with van der Waals surface area (Å²) in [7, 11) is 0. The fourth-order valence-electron chi connectivity index (χ4n) is 3.88. The zero-order chi connectivity index (χ0) is 22.5. The highest BCUT2D eigenvalue weighted by molar-refractivity contribution is 5.90. The predicted octanol–water partition coefficient (Wildman–Crippen LogP) is 1.51. The van der Waals surface area contributed by atoms with Crippen LogP contribution < -0.4 is 20.5 Å². The van der Waals surface area contributed by atoms with Crippen molar-refractivity contribution < 1.29 is 18.7 Å². The van der Waals surface area contributed by atoms with Crippen LogP contribution in [0.25, 0.3) is 0 Å². The Labute approximate surface area is 186 Å². The number of hydrogen-bond acceptors (Lipinski definition) is 7. The zero-order valence-corrected chi connectivity index (χ0v) is 18.0. The monoisotopic (exact) mass is 442 g/mol. The summed E-state index contributed by atoms with van der Waals surface area (Å²) < 4.78 is 20.3. The van der Waals surface area contributed by atoms with E-state index in [9.17, 15) is 9.59 Å². The molecule has 0 unspecified atom stereocenters. The molecular weight excluding hydrogens is 415 g/mol. The smallest absolute Gasteiger partial charge is 0.414 e. The Bertz CT molecular complexity index is 960. The van der Waals surface area contributed by atoms with E-state index < -0.39 is 12.2 Å². The second-order valence-electron chi connectivity index (χ2n) is 7.86. The Kier molecular flexibility index (Phi) is 6.81. The number of nitrogens with one attached hydrogen (secondary N) is 2. The van der Waals surface area contributed by atoms with Crippen molar-refractivity contribution in [2.75, 3.05) is 49.1 Å². The van der Waals surface area contributed by atoms with Crippen molar-refractivity contribution in [1.82, 2.24) is 20.7 Å². The second kappa shape index (κ2) is 9.92. The number of carbonyl (C=O) groups excluding carboxylic acids is 2. The molecule has 0 aliphatic carbocycles. The molecule has 1 atom stereocenters. The average molecular weight is 442 g/mol. The van der Waals surface area contributed by atoms with Crippen LogP contribution in [-0.4, -0.2) is 67.4 Å². The van der Waals surface area contributed by atoms with Gasteiger partial charge in [0.15, 0.2) is 0 Å². The van der Waals surface area contributed by atoms with Crippen LogP contribution >= 0.6 is 0 Å². The number of hydrazine groups is 1. The average Bonchev–Trinajstić information content (AvgIpc) is 3.00. The van der Waals surface area contributed by atoms with Gasteiger partial charge in [0.1, 0.15) is 11.9 Å². The molecule has 0 bridgehead atoms. The fourth-order valence-corrected chi connectivity index (χ4v) is 3.88. The number of ether oxygens (including phenoxy) is 1. The summed E-state index contributed by atoms with van der Waals surface area (Å²) in [4.78, 5) is 30.7. The van der Waals surface area contributed by atoms with Crippen molar-refractivity contribution in [2.24, 2.45) is 0 Å². The highest BCUT2D eigenvalue weighted by Crippen LogP contribution is 2.28. The van der Waals surface area contributed by atoms with E-state index in [2.05, 4.69) is 20.7 Å². The number of benzene rings is 1. The summed E-state index contributed by atoms with van der Waals surface area (Å²) in [6.45, 7) is 5.38. The summed E-state index contributed by atoms with van der Waals surface area (Å²) in [5.41, 5.74) is 5.49. The number of carbonyl (C=O) groups is 2. The number of rotatable bonds is 6. The fraction of sp³-hybridized carbons (Fsp3) is 0.409. The van der Waals surface area contributed by atoms with Gasteiger partial charge >= 0.3 is 6.09 Å². The Morgan fingerprint density at radius 2 is 2.06 bits per heavy atom. The number of anilines is 2. The number of hydrogen-bond donors (Lipinski definition) is 2. The van der Waals surface area contributed by atoms with Crippen molar-refractivity contribution in [2.45, 2.75) is 19.6 Å². The highest BCUT2D eigenvalue weighted by atomic mass is 19.1. The number of nitrogens with zero attached hydrogens (tertiary/aromatic N) is 4. The minimum Gasteiger partial charge on any atom is -0.442 e. The first-order valence-electron chi connectivity index (χ1n) is 10.6. The third kappa shape index (κ3) is 5.32. The molecule has 4 rings (SSSR count). The molecule has 2 fully saturated rings. The standard InChI is InChI=1S/C22H27FN6O3/c1-16(30)25-13-19-15-29(22(31)32-19)18-2-3-21(20(23)12-18)27-9-8-26-28(11-10-27)14-17-4-6-24-7-5-17/h2-7,12,19,26H,8-11,13-15H2,1H3,(H,25,30)/t19-/m0/s1. The lowest BCUT2D eigenvalue weighted by Gasteiger charge is -2.24. The van der Waals surface area contributed by atoms with Gasteiger partial charge in [-0.05, 0) is 35.9 Å². The topological polar surface area (TPSA) is 90.0 Å². The van der Waals surface area contributed by atoms with Gasteiger partial charge in [-0.3, -0.25) is 20.1 Å². The van der Waals surface area contributed by atoms with Crippen molar-refractivity contribution in [3.63, 3.8) is 0 Å². The summed E-state index contributed by atoms with van der Waals surface area (Å²) >= 11 is 0. The van der Waals surface area contributed by atoms with Gasteiger partial charge in [-0.25, -0.2) is 14.2 Å². The minimum absolute atomic E-state index is 0.193. The molecule has 0 spiro atoms. The van der Waals surface area contributed by atoms with E-state index in [1.807, 2.05) is 17.0 Å². The molecule has 0 radical (unpaired) electrons. The largest absolute Gasteiger partial charge is 0.442 e. The molecule has 10 heteroatoms. The minimum atomic E-state index is -0.543.